The molecule has 0 spiro atoms. The van der Waals surface area contributed by atoms with Crippen molar-refractivity contribution in [3.05, 3.63) is 48.0 Å². The first-order chi connectivity index (χ1) is 13.3. The minimum absolute atomic E-state index is 0. The Labute approximate surface area is 174 Å². The lowest BCUT2D eigenvalue weighted by Crippen LogP contribution is -2.32. The summed E-state index contributed by atoms with van der Waals surface area (Å²) < 4.78 is 39.9. The molecule has 1 atom stereocenters. The molecule has 162 valence electrons. The van der Waals surface area contributed by atoms with Gasteiger partial charge in [-0.3, -0.25) is 0 Å². The molecule has 7 nitrogen and oxygen atoms in total. The van der Waals surface area contributed by atoms with Crippen LogP contribution in [0.25, 0.3) is 0 Å². The van der Waals surface area contributed by atoms with Gasteiger partial charge in [-0.25, -0.2) is 13.6 Å². The molecule has 2 aromatic carbocycles. The zero-order chi connectivity index (χ0) is 20.6. The van der Waals surface area contributed by atoms with Gasteiger partial charge < -0.3 is 19.5 Å². The van der Waals surface area contributed by atoms with Crippen molar-refractivity contribution in [3.8, 4) is 17.2 Å². The summed E-state index contributed by atoms with van der Waals surface area (Å²) in [6.07, 6.45) is 0.641. The van der Waals surface area contributed by atoms with Crippen LogP contribution >= 0.6 is 0 Å². The SMILES string of the molecule is C.CCOc1ccccc1OCCNC(C)Cc1ccc(OC)c(S(N)(=O)=O)c1. The molecule has 29 heavy (non-hydrogen) atoms. The fourth-order valence-electron chi connectivity index (χ4n) is 2.81. The minimum atomic E-state index is -3.84. The van der Waals surface area contributed by atoms with Gasteiger partial charge in [-0.15, -0.1) is 0 Å². The summed E-state index contributed by atoms with van der Waals surface area (Å²) in [5.74, 6) is 1.69. The van der Waals surface area contributed by atoms with Crippen LogP contribution in [-0.4, -0.2) is 41.3 Å². The molecular weight excluding hydrogens is 392 g/mol. The van der Waals surface area contributed by atoms with Crippen LogP contribution in [0.1, 0.15) is 26.8 Å². The van der Waals surface area contributed by atoms with Crippen molar-refractivity contribution in [2.75, 3.05) is 26.9 Å². The van der Waals surface area contributed by atoms with Crippen molar-refractivity contribution in [2.45, 2.75) is 38.6 Å². The quantitative estimate of drug-likeness (QED) is 0.538. The Hall–Kier alpha value is -2.29. The fourth-order valence-corrected chi connectivity index (χ4v) is 3.55. The first-order valence-corrected chi connectivity index (χ1v) is 10.7. The molecule has 0 amide bonds. The second kappa shape index (κ2) is 11.6. The lowest BCUT2D eigenvalue weighted by atomic mass is 10.1. The highest BCUT2D eigenvalue weighted by atomic mass is 32.2. The van der Waals surface area contributed by atoms with E-state index in [1.165, 1.54) is 7.11 Å². The van der Waals surface area contributed by atoms with E-state index in [1.807, 2.05) is 44.2 Å². The highest BCUT2D eigenvalue weighted by molar-refractivity contribution is 7.89. The normalized spacial score (nSPS) is 12.0. The van der Waals surface area contributed by atoms with Crippen LogP contribution < -0.4 is 24.7 Å². The van der Waals surface area contributed by atoms with Crippen LogP contribution in [0.4, 0.5) is 0 Å². The molecule has 0 saturated carbocycles. The maximum absolute atomic E-state index is 11.7. The Morgan fingerprint density at radius 3 is 2.31 bits per heavy atom. The summed E-state index contributed by atoms with van der Waals surface area (Å²) in [5, 5.41) is 8.63. The number of nitrogens with two attached hydrogens (primary N) is 1. The lowest BCUT2D eigenvalue weighted by molar-refractivity contribution is 0.272. The summed E-state index contributed by atoms with van der Waals surface area (Å²) in [5.41, 5.74) is 0.854. The molecule has 3 N–H and O–H groups in total. The number of hydrogen-bond donors (Lipinski definition) is 2. The molecule has 0 fully saturated rings. The first kappa shape index (κ1) is 24.7. The second-order valence-electron chi connectivity index (χ2n) is 6.32. The first-order valence-electron chi connectivity index (χ1n) is 9.13. The summed E-state index contributed by atoms with van der Waals surface area (Å²) in [6, 6.07) is 12.7. The number of primary sulfonamides is 1. The lowest BCUT2D eigenvalue weighted by Gasteiger charge is -2.16. The highest BCUT2D eigenvalue weighted by Gasteiger charge is 2.16. The van der Waals surface area contributed by atoms with Gasteiger partial charge in [0, 0.05) is 12.6 Å². The molecule has 0 aliphatic rings. The van der Waals surface area contributed by atoms with Gasteiger partial charge in [0.25, 0.3) is 0 Å². The highest BCUT2D eigenvalue weighted by Crippen LogP contribution is 2.26. The maximum atomic E-state index is 11.7. The number of benzene rings is 2. The number of rotatable bonds is 11. The van der Waals surface area contributed by atoms with Crippen LogP contribution in [0.2, 0.25) is 0 Å². The predicted molar refractivity (Wildman–Crippen MR) is 115 cm³/mol. The topological polar surface area (TPSA) is 99.9 Å². The zero-order valence-electron chi connectivity index (χ0n) is 16.5. The summed E-state index contributed by atoms with van der Waals surface area (Å²) in [7, 11) is -2.43. The Kier molecular flexibility index (Phi) is 9.94. The number of sulfonamides is 1. The molecule has 0 aliphatic heterocycles. The average molecular weight is 425 g/mol. The smallest absolute Gasteiger partial charge is 0.241 e. The van der Waals surface area contributed by atoms with E-state index < -0.39 is 10.0 Å². The molecule has 0 aliphatic carbocycles. The van der Waals surface area contributed by atoms with Crippen molar-refractivity contribution in [2.24, 2.45) is 5.14 Å². The molecule has 0 aromatic heterocycles. The summed E-state index contributed by atoms with van der Waals surface area (Å²) in [6.45, 7) is 5.66. The number of para-hydroxylation sites is 2. The van der Waals surface area contributed by atoms with E-state index in [9.17, 15) is 8.42 Å². The van der Waals surface area contributed by atoms with E-state index in [0.29, 0.717) is 31.9 Å². The van der Waals surface area contributed by atoms with E-state index in [1.54, 1.807) is 12.1 Å². The second-order valence-corrected chi connectivity index (χ2v) is 7.85. The largest absolute Gasteiger partial charge is 0.495 e. The number of hydrogen-bond acceptors (Lipinski definition) is 6. The third-order valence-corrected chi connectivity index (χ3v) is 5.01. The van der Waals surface area contributed by atoms with Crippen LogP contribution in [0, 0.1) is 0 Å². The van der Waals surface area contributed by atoms with Gasteiger partial charge in [-0.05, 0) is 50.1 Å². The van der Waals surface area contributed by atoms with Crippen molar-refractivity contribution in [1.82, 2.24) is 5.32 Å². The van der Waals surface area contributed by atoms with E-state index in [2.05, 4.69) is 5.32 Å². The third kappa shape index (κ3) is 7.56. The standard InChI is InChI=1S/C20H28N2O5S.CH4/c1-4-26-17-7-5-6-8-18(17)27-12-11-22-15(2)13-16-9-10-19(25-3)20(14-16)28(21,23)24;/h5-10,14-15,22H,4,11-13H2,1-3H3,(H2,21,23,24);1H4. The Balaban J connectivity index is 0.00000420. The van der Waals surface area contributed by atoms with Crippen molar-refractivity contribution < 1.29 is 22.6 Å². The van der Waals surface area contributed by atoms with E-state index >= 15 is 0 Å². The molecule has 0 saturated heterocycles. The van der Waals surface area contributed by atoms with Gasteiger partial charge >= 0.3 is 0 Å². The average Bonchev–Trinajstić information content (AvgIpc) is 2.66. The van der Waals surface area contributed by atoms with Gasteiger partial charge in [-0.2, -0.15) is 0 Å². The van der Waals surface area contributed by atoms with Gasteiger partial charge in [0.1, 0.15) is 17.3 Å². The van der Waals surface area contributed by atoms with Gasteiger partial charge in [0.2, 0.25) is 10.0 Å². The molecular formula is C21H32N2O5S. The molecule has 8 heteroatoms. The molecule has 2 aromatic rings. The predicted octanol–water partition coefficient (Wildman–Crippen LogP) is 2.98. The Bertz CT molecular complexity index is 871. The van der Waals surface area contributed by atoms with E-state index in [0.717, 1.165) is 11.3 Å². The van der Waals surface area contributed by atoms with Crippen molar-refractivity contribution in [3.63, 3.8) is 0 Å². The van der Waals surface area contributed by atoms with Crippen LogP contribution in [0.15, 0.2) is 47.4 Å². The van der Waals surface area contributed by atoms with Crippen LogP contribution in [0.5, 0.6) is 17.2 Å². The Morgan fingerprint density at radius 1 is 1.07 bits per heavy atom. The number of methoxy groups -OCH3 is 1. The van der Waals surface area contributed by atoms with Gasteiger partial charge in [0.05, 0.1) is 13.7 Å². The van der Waals surface area contributed by atoms with Gasteiger partial charge in [0.15, 0.2) is 11.5 Å². The van der Waals surface area contributed by atoms with Crippen molar-refractivity contribution in [1.29, 1.82) is 0 Å². The maximum Gasteiger partial charge on any atom is 0.241 e. The summed E-state index contributed by atoms with van der Waals surface area (Å²) in [4.78, 5) is -0.00411. The molecule has 0 radical (unpaired) electrons. The van der Waals surface area contributed by atoms with E-state index in [4.69, 9.17) is 19.3 Å². The van der Waals surface area contributed by atoms with Gasteiger partial charge in [-0.1, -0.05) is 25.6 Å². The molecule has 0 heterocycles. The summed E-state index contributed by atoms with van der Waals surface area (Å²) >= 11 is 0. The molecule has 2 rings (SSSR count). The Morgan fingerprint density at radius 2 is 1.72 bits per heavy atom. The monoisotopic (exact) mass is 424 g/mol. The molecule has 1 unspecified atom stereocenters. The third-order valence-electron chi connectivity index (χ3n) is 4.08. The zero-order valence-corrected chi connectivity index (χ0v) is 17.3. The van der Waals surface area contributed by atoms with E-state index in [-0.39, 0.29) is 24.1 Å². The number of nitrogens with one attached hydrogen (secondary N) is 1. The van der Waals surface area contributed by atoms with Crippen LogP contribution in [0.3, 0.4) is 0 Å². The number of ether oxygens (including phenoxy) is 3. The van der Waals surface area contributed by atoms with Crippen molar-refractivity contribution >= 4 is 10.0 Å². The minimum Gasteiger partial charge on any atom is -0.495 e. The fraction of sp³-hybridized carbons (Fsp3) is 0.429. The molecule has 0 bridgehead atoms. The van der Waals surface area contributed by atoms with Crippen LogP contribution in [-0.2, 0) is 16.4 Å².